The van der Waals surface area contributed by atoms with Crippen molar-refractivity contribution >= 4 is 17.1 Å². The molecule has 0 aromatic heterocycles. The first-order valence-corrected chi connectivity index (χ1v) is 30.1. The van der Waals surface area contributed by atoms with Crippen LogP contribution in [-0.2, 0) is 30.3 Å². The lowest BCUT2D eigenvalue weighted by Crippen LogP contribution is -2.29. The van der Waals surface area contributed by atoms with Crippen molar-refractivity contribution in [3.05, 3.63) is 321 Å². The van der Waals surface area contributed by atoms with Crippen molar-refractivity contribution in [2.45, 2.75) is 96.5 Å². The third kappa shape index (κ3) is 9.21. The van der Waals surface area contributed by atoms with Crippen LogP contribution < -0.4 is 9.64 Å². The molecular formula is C81H71NO. The Labute approximate surface area is 491 Å². The van der Waals surface area contributed by atoms with E-state index in [4.69, 9.17) is 4.74 Å². The van der Waals surface area contributed by atoms with Crippen LogP contribution in [0.3, 0.4) is 0 Å². The van der Waals surface area contributed by atoms with Crippen molar-refractivity contribution in [2.24, 2.45) is 0 Å². The molecule has 0 saturated carbocycles. The molecular weight excluding hydrogens is 1000 g/mol. The Bertz CT molecular complexity index is 4190. The molecule has 0 fully saturated rings. The van der Waals surface area contributed by atoms with Gasteiger partial charge in [-0.25, -0.2) is 0 Å². The van der Waals surface area contributed by atoms with E-state index in [0.29, 0.717) is 18.4 Å². The third-order valence-electron chi connectivity index (χ3n) is 19.0. The van der Waals surface area contributed by atoms with Crippen LogP contribution in [0.2, 0.25) is 0 Å². The zero-order chi connectivity index (χ0) is 56.4. The van der Waals surface area contributed by atoms with Crippen LogP contribution in [0.5, 0.6) is 5.75 Å². The summed E-state index contributed by atoms with van der Waals surface area (Å²) in [7, 11) is 0. The zero-order valence-electron chi connectivity index (χ0n) is 48.7. The minimum Gasteiger partial charge on any atom is -0.489 e. The predicted octanol–water partition coefficient (Wildman–Crippen LogP) is 21.1. The average Bonchev–Trinajstić information content (AvgIpc) is 1.74. The highest BCUT2D eigenvalue weighted by Gasteiger charge is 2.47. The highest BCUT2D eigenvalue weighted by Crippen LogP contribution is 2.58. The molecule has 0 saturated heterocycles. The van der Waals surface area contributed by atoms with E-state index in [1.54, 1.807) is 0 Å². The van der Waals surface area contributed by atoms with Gasteiger partial charge in [0.2, 0.25) is 0 Å². The first-order valence-electron chi connectivity index (χ1n) is 30.1. The number of hydrogen-bond donors (Lipinski definition) is 0. The lowest BCUT2D eigenvalue weighted by atomic mass is 9.67. The Morgan fingerprint density at radius 3 is 1.64 bits per heavy atom. The summed E-state index contributed by atoms with van der Waals surface area (Å²) in [5.74, 6) is 1.79. The molecule has 11 aromatic rings. The quantitative estimate of drug-likeness (QED) is 0.101. The van der Waals surface area contributed by atoms with E-state index in [0.717, 1.165) is 41.2 Å². The second kappa shape index (κ2) is 21.1. The van der Waals surface area contributed by atoms with Gasteiger partial charge in [-0.05, 0) is 206 Å². The number of fused-ring (bicyclic) bond motifs is 7. The van der Waals surface area contributed by atoms with E-state index in [2.05, 4.69) is 295 Å². The van der Waals surface area contributed by atoms with Gasteiger partial charge >= 0.3 is 0 Å². The summed E-state index contributed by atoms with van der Waals surface area (Å²) in [4.78, 5) is 2.48. The van der Waals surface area contributed by atoms with Gasteiger partial charge in [0.15, 0.2) is 0 Å². The Kier molecular flexibility index (Phi) is 13.2. The second-order valence-corrected chi connectivity index (χ2v) is 24.5. The maximum atomic E-state index is 6.67. The maximum absolute atomic E-state index is 6.67. The van der Waals surface area contributed by atoms with Gasteiger partial charge in [-0.2, -0.15) is 0 Å². The zero-order valence-corrected chi connectivity index (χ0v) is 48.7. The standard InChI is InChI=1S/C81H71NO/c1-7-57(60-25-27-62(28-26-60)64-31-29-63-30-32-65(63)49-64)48-55(4)58-23-21-56(22-24-58)52-83-71-41-35-66(36-42-71)81(67-46-53(2)45-54(3)47-67)77-20-14-12-18-73(77)75-44-40-70(51-79(75)81)82(68-37-33-61(34-38-68)59-15-9-8-10-16-59)69-39-43-74-72-17-11-13-19-76(72)80(5,6)78(74)50-69/h8-29,31,33-47,49-51,55,57H,7,30,32,48,52H2,1-6H3. The van der Waals surface area contributed by atoms with Crippen molar-refractivity contribution in [3.8, 4) is 50.3 Å². The number of hydrogen-bond acceptors (Lipinski definition) is 2. The molecule has 83 heavy (non-hydrogen) atoms. The van der Waals surface area contributed by atoms with E-state index >= 15 is 0 Å². The minimum atomic E-state index is -0.628. The van der Waals surface area contributed by atoms with E-state index in [-0.39, 0.29) is 5.41 Å². The van der Waals surface area contributed by atoms with E-state index < -0.39 is 5.41 Å². The van der Waals surface area contributed by atoms with Crippen LogP contribution in [0.4, 0.5) is 17.1 Å². The number of ether oxygens (including phenoxy) is 1. The summed E-state index contributed by atoms with van der Waals surface area (Å²) in [5, 5.41) is 0. The van der Waals surface area contributed by atoms with Crippen LogP contribution in [0.25, 0.3) is 44.5 Å². The molecule has 406 valence electrons. The Morgan fingerprint density at radius 2 is 0.976 bits per heavy atom. The molecule has 2 nitrogen and oxygen atoms in total. The van der Waals surface area contributed by atoms with Gasteiger partial charge in [0.1, 0.15) is 12.4 Å². The van der Waals surface area contributed by atoms with Crippen LogP contribution in [0.1, 0.15) is 125 Å². The lowest BCUT2D eigenvalue weighted by Gasteiger charge is -2.35. The molecule has 0 amide bonds. The molecule has 0 N–H and O–H groups in total. The SMILES string of the molecule is CCC(CC(C)c1ccc(COc2ccc(C3(c4cc(C)cc(C)c4)c4ccccc4-c4ccc(N(c5ccc(-c6ccccc6)cc5)c5ccc6c(c5)C(C)(C)c5ccccc5-6)cc43)cc2)cc1)c1ccc(-c2ccc3c(c2)CC3)cc1. The number of benzene rings is 11. The van der Waals surface area contributed by atoms with E-state index in [1.807, 2.05) is 0 Å². The lowest BCUT2D eigenvalue weighted by molar-refractivity contribution is 0.306. The molecule has 0 radical (unpaired) electrons. The van der Waals surface area contributed by atoms with Crippen LogP contribution in [-0.4, -0.2) is 0 Å². The molecule has 0 spiro atoms. The Balaban J connectivity index is 0.780. The van der Waals surface area contributed by atoms with Crippen molar-refractivity contribution in [1.29, 1.82) is 0 Å². The molecule has 3 atom stereocenters. The van der Waals surface area contributed by atoms with E-state index in [9.17, 15) is 0 Å². The Hall–Kier alpha value is -8.98. The molecule has 3 aliphatic carbocycles. The fourth-order valence-corrected chi connectivity index (χ4v) is 14.4. The summed E-state index contributed by atoms with van der Waals surface area (Å²) in [6.07, 6.45) is 4.67. The van der Waals surface area contributed by atoms with Crippen LogP contribution in [0, 0.1) is 13.8 Å². The smallest absolute Gasteiger partial charge is 0.119 e. The van der Waals surface area contributed by atoms with Gasteiger partial charge in [-0.1, -0.05) is 239 Å². The first kappa shape index (κ1) is 52.1. The first-order chi connectivity index (χ1) is 40.5. The maximum Gasteiger partial charge on any atom is 0.119 e. The van der Waals surface area contributed by atoms with Crippen molar-refractivity contribution in [3.63, 3.8) is 0 Å². The molecule has 0 bridgehead atoms. The van der Waals surface area contributed by atoms with Crippen LogP contribution in [0.15, 0.2) is 249 Å². The monoisotopic (exact) mass is 1070 g/mol. The van der Waals surface area contributed by atoms with E-state index in [1.165, 1.54) is 124 Å². The van der Waals surface area contributed by atoms with Crippen molar-refractivity contribution in [1.82, 2.24) is 0 Å². The largest absolute Gasteiger partial charge is 0.489 e. The summed E-state index contributed by atoms with van der Waals surface area (Å²) in [6.45, 7) is 14.4. The Morgan fingerprint density at radius 1 is 0.434 bits per heavy atom. The average molecular weight is 1070 g/mol. The topological polar surface area (TPSA) is 12.5 Å². The summed E-state index contributed by atoms with van der Waals surface area (Å²) in [5.41, 5.74) is 30.0. The number of anilines is 3. The molecule has 2 heteroatoms. The van der Waals surface area contributed by atoms with Gasteiger partial charge in [-0.3, -0.25) is 0 Å². The number of nitrogens with zero attached hydrogens (tertiary/aromatic N) is 1. The van der Waals surface area contributed by atoms with Gasteiger partial charge < -0.3 is 9.64 Å². The van der Waals surface area contributed by atoms with Crippen molar-refractivity contribution in [2.75, 3.05) is 4.90 Å². The molecule has 0 heterocycles. The predicted molar refractivity (Wildman–Crippen MR) is 347 cm³/mol. The summed E-state index contributed by atoms with van der Waals surface area (Å²) >= 11 is 0. The summed E-state index contributed by atoms with van der Waals surface area (Å²) in [6, 6.07) is 93.8. The second-order valence-electron chi connectivity index (χ2n) is 24.5. The number of aryl methyl sites for hydroxylation is 4. The highest BCUT2D eigenvalue weighted by molar-refractivity contribution is 5.91. The van der Waals surface area contributed by atoms with Gasteiger partial charge in [0.25, 0.3) is 0 Å². The highest BCUT2D eigenvalue weighted by atomic mass is 16.5. The van der Waals surface area contributed by atoms with Gasteiger partial charge in [0.05, 0.1) is 5.41 Å². The summed E-state index contributed by atoms with van der Waals surface area (Å²) < 4.78 is 6.67. The molecule has 3 unspecified atom stereocenters. The van der Waals surface area contributed by atoms with Gasteiger partial charge in [-0.15, -0.1) is 0 Å². The number of rotatable bonds is 15. The molecule has 3 aliphatic rings. The van der Waals surface area contributed by atoms with Crippen LogP contribution >= 0.6 is 0 Å². The normalized spacial score (nSPS) is 15.7. The van der Waals surface area contributed by atoms with Gasteiger partial charge in [0, 0.05) is 22.5 Å². The fraction of sp³-hybridized carbons (Fsp3) is 0.185. The molecule has 0 aliphatic heterocycles. The third-order valence-corrected chi connectivity index (χ3v) is 19.0. The molecule has 11 aromatic carbocycles. The fourth-order valence-electron chi connectivity index (χ4n) is 14.4. The van der Waals surface area contributed by atoms with Crippen molar-refractivity contribution < 1.29 is 4.74 Å². The molecule has 14 rings (SSSR count). The minimum absolute atomic E-state index is 0.154.